The normalized spacial score (nSPS) is 13.5. The first-order valence-electron chi connectivity index (χ1n) is 7.26. The van der Waals surface area contributed by atoms with Gasteiger partial charge in [0.1, 0.15) is 6.04 Å². The Hall–Kier alpha value is -1.88. The third kappa shape index (κ3) is 5.19. The zero-order valence-electron chi connectivity index (χ0n) is 12.7. The number of carbonyl (C=O) groups excluding carboxylic acids is 1. The highest BCUT2D eigenvalue weighted by Gasteiger charge is 2.29. The van der Waals surface area contributed by atoms with Gasteiger partial charge in [-0.15, -0.1) is 0 Å². The number of carboxylic acids is 1. The predicted molar refractivity (Wildman–Crippen MR) is 81.8 cm³/mol. The lowest BCUT2D eigenvalue weighted by Gasteiger charge is -2.27. The summed E-state index contributed by atoms with van der Waals surface area (Å²) in [6.45, 7) is 1.99. The van der Waals surface area contributed by atoms with Crippen LogP contribution in [-0.2, 0) is 16.0 Å². The number of nitrogens with two attached hydrogens (primary N) is 1. The smallest absolute Gasteiger partial charge is 0.326 e. The second kappa shape index (κ2) is 8.42. The van der Waals surface area contributed by atoms with Crippen LogP contribution < -0.4 is 5.73 Å². The summed E-state index contributed by atoms with van der Waals surface area (Å²) in [5.41, 5.74) is 6.90. The van der Waals surface area contributed by atoms with E-state index < -0.39 is 18.1 Å². The van der Waals surface area contributed by atoms with Gasteiger partial charge in [-0.25, -0.2) is 4.79 Å². The molecule has 0 saturated carbocycles. The first-order valence-corrected chi connectivity index (χ1v) is 7.26. The van der Waals surface area contributed by atoms with E-state index in [2.05, 4.69) is 0 Å². The lowest BCUT2D eigenvalue weighted by atomic mass is 10.0. The lowest BCUT2D eigenvalue weighted by molar-refractivity contribution is -0.149. The van der Waals surface area contributed by atoms with Gasteiger partial charge in [0, 0.05) is 7.05 Å². The molecule has 0 radical (unpaired) electrons. The van der Waals surface area contributed by atoms with Crippen LogP contribution in [0.4, 0.5) is 0 Å². The van der Waals surface area contributed by atoms with Crippen molar-refractivity contribution in [1.29, 1.82) is 0 Å². The van der Waals surface area contributed by atoms with Crippen LogP contribution in [0.25, 0.3) is 0 Å². The molecule has 116 valence electrons. The van der Waals surface area contributed by atoms with Crippen LogP contribution in [0.15, 0.2) is 30.3 Å². The Kier molecular flexibility index (Phi) is 6.88. The van der Waals surface area contributed by atoms with Crippen LogP contribution in [0.2, 0.25) is 0 Å². The van der Waals surface area contributed by atoms with E-state index in [4.69, 9.17) is 5.73 Å². The first-order chi connectivity index (χ1) is 9.97. The Morgan fingerprint density at radius 1 is 1.29 bits per heavy atom. The Labute approximate surface area is 125 Å². The summed E-state index contributed by atoms with van der Waals surface area (Å²) in [5, 5.41) is 9.26. The molecule has 21 heavy (non-hydrogen) atoms. The number of rotatable bonds is 8. The molecule has 0 heterocycles. The van der Waals surface area contributed by atoms with Crippen LogP contribution >= 0.6 is 0 Å². The Morgan fingerprint density at radius 3 is 2.43 bits per heavy atom. The summed E-state index contributed by atoms with van der Waals surface area (Å²) in [7, 11) is 1.52. The van der Waals surface area contributed by atoms with E-state index in [0.717, 1.165) is 18.4 Å². The molecule has 5 heteroatoms. The summed E-state index contributed by atoms with van der Waals surface area (Å²) in [4.78, 5) is 24.9. The highest BCUT2D eigenvalue weighted by Crippen LogP contribution is 2.11. The quantitative estimate of drug-likeness (QED) is 0.763. The minimum Gasteiger partial charge on any atom is -0.480 e. The van der Waals surface area contributed by atoms with E-state index >= 15 is 0 Å². The predicted octanol–water partition coefficient (Wildman–Crippen LogP) is 1.66. The molecule has 3 N–H and O–H groups in total. The molecule has 0 bridgehead atoms. The molecule has 0 spiro atoms. The zero-order valence-corrected chi connectivity index (χ0v) is 12.7. The van der Waals surface area contributed by atoms with E-state index in [1.54, 1.807) is 0 Å². The van der Waals surface area contributed by atoms with Crippen molar-refractivity contribution in [2.45, 2.75) is 44.7 Å². The van der Waals surface area contributed by atoms with Crippen molar-refractivity contribution in [2.24, 2.45) is 5.73 Å². The Morgan fingerprint density at radius 2 is 1.90 bits per heavy atom. The number of nitrogens with zero attached hydrogens (tertiary/aromatic N) is 1. The second-order valence-corrected chi connectivity index (χ2v) is 5.24. The maximum Gasteiger partial charge on any atom is 0.326 e. The summed E-state index contributed by atoms with van der Waals surface area (Å²) >= 11 is 0. The van der Waals surface area contributed by atoms with Crippen LogP contribution in [-0.4, -0.2) is 41.0 Å². The number of carbonyl (C=O) groups is 2. The summed E-state index contributed by atoms with van der Waals surface area (Å²) in [6, 6.07) is 7.95. The highest BCUT2D eigenvalue weighted by molar-refractivity contribution is 5.86. The molecule has 1 amide bonds. The molecule has 0 saturated heterocycles. The van der Waals surface area contributed by atoms with E-state index in [1.165, 1.54) is 11.9 Å². The van der Waals surface area contributed by atoms with Crippen molar-refractivity contribution in [3.63, 3.8) is 0 Å². The van der Waals surface area contributed by atoms with Gasteiger partial charge in [0.05, 0.1) is 6.04 Å². The Bertz CT molecular complexity index is 462. The van der Waals surface area contributed by atoms with Gasteiger partial charge in [0.2, 0.25) is 5.91 Å². The monoisotopic (exact) mass is 292 g/mol. The zero-order chi connectivity index (χ0) is 15.8. The fourth-order valence-corrected chi connectivity index (χ4v) is 2.25. The van der Waals surface area contributed by atoms with Gasteiger partial charge < -0.3 is 15.7 Å². The molecule has 0 aliphatic carbocycles. The van der Waals surface area contributed by atoms with Crippen molar-refractivity contribution in [3.05, 3.63) is 35.9 Å². The van der Waals surface area contributed by atoms with Gasteiger partial charge in [0.25, 0.3) is 0 Å². The van der Waals surface area contributed by atoms with Crippen molar-refractivity contribution < 1.29 is 14.7 Å². The molecule has 1 aromatic carbocycles. The van der Waals surface area contributed by atoms with Gasteiger partial charge in [-0.05, 0) is 18.4 Å². The number of likely N-dealkylation sites (N-methyl/N-ethyl adjacent to an activating group) is 1. The van der Waals surface area contributed by atoms with E-state index in [9.17, 15) is 14.7 Å². The van der Waals surface area contributed by atoms with Crippen LogP contribution in [0.1, 0.15) is 31.7 Å². The number of benzene rings is 1. The third-order valence-corrected chi connectivity index (χ3v) is 3.55. The number of hydrogen-bond donors (Lipinski definition) is 2. The minimum atomic E-state index is -0.980. The molecule has 0 aromatic heterocycles. The van der Waals surface area contributed by atoms with E-state index in [-0.39, 0.29) is 5.91 Å². The molecule has 0 aliphatic heterocycles. The molecular formula is C16H24N2O3. The molecule has 2 atom stereocenters. The largest absolute Gasteiger partial charge is 0.480 e. The number of carboxylic acid groups (broad SMARTS) is 1. The summed E-state index contributed by atoms with van der Waals surface area (Å²) < 4.78 is 0. The maximum atomic E-state index is 12.3. The average molecular weight is 292 g/mol. The van der Waals surface area contributed by atoms with Crippen LogP contribution in [0.3, 0.4) is 0 Å². The maximum absolute atomic E-state index is 12.3. The average Bonchev–Trinajstić information content (AvgIpc) is 2.47. The fraction of sp³-hybridized carbons (Fsp3) is 0.500. The standard InChI is InChI=1S/C16H24N2O3/c1-3-4-10-14(16(20)21)18(2)15(19)13(17)11-12-8-6-5-7-9-12/h5-9,13-14H,3-4,10-11,17H2,1-2H3,(H,20,21)/t13-,14-/m0/s1. The van der Waals surface area contributed by atoms with Gasteiger partial charge in [-0.2, -0.15) is 0 Å². The van der Waals surface area contributed by atoms with Gasteiger partial charge >= 0.3 is 5.97 Å². The van der Waals surface area contributed by atoms with Gasteiger partial charge in [-0.3, -0.25) is 4.79 Å². The summed E-state index contributed by atoms with van der Waals surface area (Å²) in [5.74, 6) is -1.31. The van der Waals surface area contributed by atoms with Crippen molar-refractivity contribution in [3.8, 4) is 0 Å². The molecule has 0 unspecified atom stereocenters. The Balaban J connectivity index is 2.68. The summed E-state index contributed by atoms with van der Waals surface area (Å²) in [6.07, 6.45) is 2.51. The fourth-order valence-electron chi connectivity index (χ4n) is 2.25. The molecule has 0 fully saturated rings. The molecule has 0 aliphatic rings. The molecule has 5 nitrogen and oxygen atoms in total. The molecule has 1 rings (SSSR count). The number of unbranched alkanes of at least 4 members (excludes halogenated alkanes) is 1. The van der Waals surface area contributed by atoms with Gasteiger partial charge in [0.15, 0.2) is 0 Å². The van der Waals surface area contributed by atoms with Crippen LogP contribution in [0, 0.1) is 0 Å². The van der Waals surface area contributed by atoms with Crippen molar-refractivity contribution in [1.82, 2.24) is 4.90 Å². The van der Waals surface area contributed by atoms with Gasteiger partial charge in [-0.1, -0.05) is 50.1 Å². The van der Waals surface area contributed by atoms with E-state index in [0.29, 0.717) is 12.8 Å². The molecular weight excluding hydrogens is 268 g/mol. The number of hydrogen-bond acceptors (Lipinski definition) is 3. The minimum absolute atomic E-state index is 0.331. The number of aliphatic carboxylic acids is 1. The van der Waals surface area contributed by atoms with E-state index in [1.807, 2.05) is 37.3 Å². The first kappa shape index (κ1) is 17.2. The number of amides is 1. The lowest BCUT2D eigenvalue weighted by Crippen LogP contribution is -2.50. The van der Waals surface area contributed by atoms with Crippen molar-refractivity contribution >= 4 is 11.9 Å². The highest BCUT2D eigenvalue weighted by atomic mass is 16.4. The SMILES string of the molecule is CCCC[C@@H](C(=O)O)N(C)C(=O)[C@@H](N)Cc1ccccc1. The third-order valence-electron chi connectivity index (χ3n) is 3.55. The van der Waals surface area contributed by atoms with Crippen LogP contribution in [0.5, 0.6) is 0 Å². The van der Waals surface area contributed by atoms with Crippen molar-refractivity contribution in [2.75, 3.05) is 7.05 Å². The second-order valence-electron chi connectivity index (χ2n) is 5.24. The molecule has 1 aromatic rings. The topological polar surface area (TPSA) is 83.6 Å².